The van der Waals surface area contributed by atoms with Crippen molar-refractivity contribution in [2.45, 2.75) is 31.5 Å². The predicted octanol–water partition coefficient (Wildman–Crippen LogP) is 1.48. The number of urea groups is 1. The first-order valence-electron chi connectivity index (χ1n) is 7.03. The number of hydrogen-bond donors (Lipinski definition) is 2. The van der Waals surface area contributed by atoms with Crippen LogP contribution in [0.15, 0.2) is 34.9 Å². The number of rotatable bonds is 6. The minimum Gasteiger partial charge on any atom is -0.463 e. The van der Waals surface area contributed by atoms with Gasteiger partial charge in [-0.2, -0.15) is 0 Å². The van der Waals surface area contributed by atoms with E-state index in [1.54, 1.807) is 25.4 Å². The molecule has 7 nitrogen and oxygen atoms in total. The Balaban J connectivity index is 2.23. The Kier molecular flexibility index (Phi) is 5.76. The van der Waals surface area contributed by atoms with E-state index in [0.717, 1.165) is 0 Å². The van der Waals surface area contributed by atoms with Gasteiger partial charge in [-0.25, -0.2) is 19.6 Å². The zero-order valence-corrected chi connectivity index (χ0v) is 13.3. The molecular formula is C14H18N4O3S. The summed E-state index contributed by atoms with van der Waals surface area (Å²) >= 11 is 1.35. The van der Waals surface area contributed by atoms with Gasteiger partial charge in [-0.15, -0.1) is 0 Å². The Morgan fingerprint density at radius 3 is 2.73 bits per heavy atom. The van der Waals surface area contributed by atoms with Gasteiger partial charge in [-0.3, -0.25) is 0 Å². The molecule has 0 saturated carbocycles. The lowest BCUT2D eigenvalue weighted by Crippen LogP contribution is -2.50. The summed E-state index contributed by atoms with van der Waals surface area (Å²) in [5, 5.41) is 6.01. The van der Waals surface area contributed by atoms with Crippen molar-refractivity contribution in [2.75, 3.05) is 12.4 Å². The Morgan fingerprint density at radius 2 is 2.09 bits per heavy atom. The Bertz CT molecular complexity index is 577. The molecule has 2 N–H and O–H groups in total. The SMILES string of the molecule is CCOC(=O)C1=C(CSc2ncccn2)NC(=O)NC1CC. The lowest BCUT2D eigenvalue weighted by Gasteiger charge is -2.28. The highest BCUT2D eigenvalue weighted by Crippen LogP contribution is 2.22. The number of ether oxygens (including phenoxy) is 1. The van der Waals surface area contributed by atoms with E-state index in [4.69, 9.17) is 4.74 Å². The lowest BCUT2D eigenvalue weighted by molar-refractivity contribution is -0.139. The third-order valence-electron chi connectivity index (χ3n) is 3.03. The average Bonchev–Trinajstić information content (AvgIpc) is 2.53. The highest BCUT2D eigenvalue weighted by molar-refractivity contribution is 7.99. The number of carbonyl (C=O) groups excluding carboxylic acids is 2. The molecule has 0 fully saturated rings. The van der Waals surface area contributed by atoms with Crippen LogP contribution >= 0.6 is 11.8 Å². The van der Waals surface area contributed by atoms with Crippen LogP contribution in [0.4, 0.5) is 4.79 Å². The summed E-state index contributed by atoms with van der Waals surface area (Å²) in [6.45, 7) is 3.94. The van der Waals surface area contributed by atoms with Crippen molar-refractivity contribution in [3.63, 3.8) is 0 Å². The second-order valence-corrected chi connectivity index (χ2v) is 5.43. The van der Waals surface area contributed by atoms with E-state index in [1.807, 2.05) is 6.92 Å². The average molecular weight is 322 g/mol. The normalized spacial score (nSPS) is 17.7. The van der Waals surface area contributed by atoms with E-state index in [9.17, 15) is 9.59 Å². The smallest absolute Gasteiger partial charge is 0.337 e. The molecule has 1 aliphatic heterocycles. The van der Waals surface area contributed by atoms with Gasteiger partial charge < -0.3 is 15.4 Å². The third kappa shape index (κ3) is 3.97. The number of thioether (sulfide) groups is 1. The standard InChI is InChI=1S/C14H18N4O3S/c1-3-9-11(12(19)21-4-2)10(18-13(20)17-9)8-22-14-15-6-5-7-16-14/h5-7,9H,3-4,8H2,1-2H3,(H2,17,18,20). The van der Waals surface area contributed by atoms with Crippen LogP contribution in [-0.2, 0) is 9.53 Å². The van der Waals surface area contributed by atoms with E-state index in [-0.39, 0.29) is 18.7 Å². The van der Waals surface area contributed by atoms with Gasteiger partial charge in [0, 0.05) is 23.8 Å². The summed E-state index contributed by atoms with van der Waals surface area (Å²) in [6, 6.07) is 1.07. The van der Waals surface area contributed by atoms with Gasteiger partial charge in [0.25, 0.3) is 0 Å². The van der Waals surface area contributed by atoms with Gasteiger partial charge in [0.2, 0.25) is 0 Å². The first-order chi connectivity index (χ1) is 10.7. The van der Waals surface area contributed by atoms with Crippen molar-refractivity contribution < 1.29 is 14.3 Å². The van der Waals surface area contributed by atoms with Crippen LogP contribution in [0.2, 0.25) is 0 Å². The monoisotopic (exact) mass is 322 g/mol. The van der Waals surface area contributed by atoms with Gasteiger partial charge in [-0.05, 0) is 19.4 Å². The molecule has 2 heterocycles. The molecule has 1 atom stereocenters. The van der Waals surface area contributed by atoms with E-state index in [1.165, 1.54) is 11.8 Å². The summed E-state index contributed by atoms with van der Waals surface area (Å²) in [6.07, 6.45) is 3.90. The van der Waals surface area contributed by atoms with E-state index < -0.39 is 5.97 Å². The molecule has 1 aromatic heterocycles. The second kappa shape index (κ2) is 7.79. The molecule has 1 unspecified atom stereocenters. The summed E-state index contributed by atoms with van der Waals surface area (Å²) in [4.78, 5) is 32.1. The van der Waals surface area contributed by atoms with Crippen molar-refractivity contribution in [3.05, 3.63) is 29.7 Å². The van der Waals surface area contributed by atoms with Gasteiger partial charge in [0.05, 0.1) is 18.2 Å². The van der Waals surface area contributed by atoms with Crippen molar-refractivity contribution in [1.82, 2.24) is 20.6 Å². The molecule has 0 aromatic carbocycles. The Morgan fingerprint density at radius 1 is 1.36 bits per heavy atom. The fourth-order valence-electron chi connectivity index (χ4n) is 2.07. The number of aromatic nitrogens is 2. The first-order valence-corrected chi connectivity index (χ1v) is 8.01. The number of carbonyl (C=O) groups is 2. The minimum atomic E-state index is -0.411. The molecule has 1 aliphatic rings. The zero-order chi connectivity index (χ0) is 15.9. The number of amides is 2. The van der Waals surface area contributed by atoms with Crippen molar-refractivity contribution in [3.8, 4) is 0 Å². The number of nitrogens with zero attached hydrogens (tertiary/aromatic N) is 2. The van der Waals surface area contributed by atoms with E-state index in [2.05, 4.69) is 20.6 Å². The molecular weight excluding hydrogens is 304 g/mol. The lowest BCUT2D eigenvalue weighted by atomic mass is 10.0. The summed E-state index contributed by atoms with van der Waals surface area (Å²) < 4.78 is 5.10. The molecule has 118 valence electrons. The highest BCUT2D eigenvalue weighted by Gasteiger charge is 2.31. The minimum absolute atomic E-state index is 0.287. The van der Waals surface area contributed by atoms with Gasteiger partial charge in [0.1, 0.15) is 0 Å². The number of nitrogens with one attached hydrogen (secondary N) is 2. The molecule has 0 spiro atoms. The third-order valence-corrected chi connectivity index (χ3v) is 3.94. The zero-order valence-electron chi connectivity index (χ0n) is 12.5. The van der Waals surface area contributed by atoms with Crippen molar-refractivity contribution in [1.29, 1.82) is 0 Å². The van der Waals surface area contributed by atoms with Crippen LogP contribution in [0.1, 0.15) is 20.3 Å². The molecule has 0 saturated heterocycles. The maximum Gasteiger partial charge on any atom is 0.337 e. The highest BCUT2D eigenvalue weighted by atomic mass is 32.2. The van der Waals surface area contributed by atoms with Crippen LogP contribution in [0.25, 0.3) is 0 Å². The second-order valence-electron chi connectivity index (χ2n) is 4.49. The molecule has 8 heteroatoms. The Hall–Kier alpha value is -2.09. The van der Waals surface area contributed by atoms with Gasteiger partial charge in [-0.1, -0.05) is 18.7 Å². The van der Waals surface area contributed by atoms with Crippen LogP contribution in [0.3, 0.4) is 0 Å². The fourth-order valence-corrected chi connectivity index (χ4v) is 2.84. The Labute approximate surface area is 132 Å². The number of esters is 1. The molecule has 0 radical (unpaired) electrons. The molecule has 2 rings (SSSR count). The van der Waals surface area contributed by atoms with Crippen molar-refractivity contribution in [2.24, 2.45) is 0 Å². The molecule has 0 bridgehead atoms. The van der Waals surface area contributed by atoms with E-state index >= 15 is 0 Å². The van der Waals surface area contributed by atoms with Crippen LogP contribution < -0.4 is 10.6 Å². The van der Waals surface area contributed by atoms with Gasteiger partial charge in [0.15, 0.2) is 5.16 Å². The first kappa shape index (κ1) is 16.3. The fraction of sp³-hybridized carbons (Fsp3) is 0.429. The summed E-state index contributed by atoms with van der Waals surface area (Å²) in [7, 11) is 0. The largest absolute Gasteiger partial charge is 0.463 e. The maximum absolute atomic E-state index is 12.2. The maximum atomic E-state index is 12.2. The summed E-state index contributed by atoms with van der Waals surface area (Å²) in [5.41, 5.74) is 1.01. The van der Waals surface area contributed by atoms with Crippen molar-refractivity contribution >= 4 is 23.8 Å². The van der Waals surface area contributed by atoms with Gasteiger partial charge >= 0.3 is 12.0 Å². The van der Waals surface area contributed by atoms with Crippen LogP contribution in [-0.4, -0.2) is 40.4 Å². The quantitative estimate of drug-likeness (QED) is 0.468. The molecule has 2 amide bonds. The van der Waals surface area contributed by atoms with E-state index in [0.29, 0.717) is 28.6 Å². The topological polar surface area (TPSA) is 93.2 Å². The molecule has 0 aliphatic carbocycles. The number of hydrogen-bond acceptors (Lipinski definition) is 6. The summed E-state index contributed by atoms with van der Waals surface area (Å²) in [5.74, 6) is -0.0198. The van der Waals surface area contributed by atoms with Crippen LogP contribution in [0.5, 0.6) is 0 Å². The molecule has 1 aromatic rings. The predicted molar refractivity (Wildman–Crippen MR) is 82.2 cm³/mol. The molecule has 22 heavy (non-hydrogen) atoms. The van der Waals surface area contributed by atoms with Crippen LogP contribution in [0, 0.1) is 0 Å².